The molecule has 0 aromatic heterocycles. The highest BCUT2D eigenvalue weighted by Gasteiger charge is 2.09. The highest BCUT2D eigenvalue weighted by molar-refractivity contribution is 9.10. The van der Waals surface area contributed by atoms with E-state index in [0.717, 1.165) is 16.6 Å². The first-order chi connectivity index (χ1) is 10.6. The molecule has 114 valence electrons. The summed E-state index contributed by atoms with van der Waals surface area (Å²) < 4.78 is 0.955. The third-order valence-corrected chi connectivity index (χ3v) is 3.92. The number of ketones is 1. The quantitative estimate of drug-likeness (QED) is 0.765. The number of rotatable bonds is 6. The number of carbonyl (C=O) groups excluding carboxylic acids is 2. The Balaban J connectivity index is 1.84. The Morgan fingerprint density at radius 1 is 0.955 bits per heavy atom. The SMILES string of the molecule is CCc1ccc(C(=O)CCC(=O)Nc2ccc(Br)cc2)cc1. The first kappa shape index (κ1) is 16.4. The zero-order valence-electron chi connectivity index (χ0n) is 12.4. The molecule has 22 heavy (non-hydrogen) atoms. The van der Waals surface area contributed by atoms with Gasteiger partial charge in [0, 0.05) is 28.6 Å². The van der Waals surface area contributed by atoms with Crippen LogP contribution in [0.3, 0.4) is 0 Å². The lowest BCUT2D eigenvalue weighted by molar-refractivity contribution is -0.116. The molecule has 2 aromatic rings. The van der Waals surface area contributed by atoms with Crippen molar-refractivity contribution in [3.05, 3.63) is 64.1 Å². The van der Waals surface area contributed by atoms with E-state index in [1.165, 1.54) is 5.56 Å². The van der Waals surface area contributed by atoms with Crippen LogP contribution in [0.25, 0.3) is 0 Å². The maximum atomic E-state index is 12.1. The first-order valence-corrected chi connectivity index (χ1v) is 8.05. The number of nitrogens with one attached hydrogen (secondary N) is 1. The average molecular weight is 360 g/mol. The van der Waals surface area contributed by atoms with Crippen LogP contribution in [0.4, 0.5) is 5.69 Å². The fraction of sp³-hybridized carbons (Fsp3) is 0.222. The number of halogens is 1. The van der Waals surface area contributed by atoms with Crippen LogP contribution < -0.4 is 5.32 Å². The van der Waals surface area contributed by atoms with Gasteiger partial charge in [0.25, 0.3) is 0 Å². The highest BCUT2D eigenvalue weighted by Crippen LogP contribution is 2.15. The Morgan fingerprint density at radius 2 is 1.59 bits per heavy atom. The predicted molar refractivity (Wildman–Crippen MR) is 92.2 cm³/mol. The second-order valence-corrected chi connectivity index (χ2v) is 5.94. The summed E-state index contributed by atoms with van der Waals surface area (Å²) in [6.07, 6.45) is 1.35. The largest absolute Gasteiger partial charge is 0.326 e. The van der Waals surface area contributed by atoms with Crippen molar-refractivity contribution < 1.29 is 9.59 Å². The van der Waals surface area contributed by atoms with E-state index in [2.05, 4.69) is 28.2 Å². The van der Waals surface area contributed by atoms with E-state index in [-0.39, 0.29) is 24.5 Å². The molecular weight excluding hydrogens is 342 g/mol. The molecule has 1 amide bonds. The molecular formula is C18H18BrNO2. The second kappa shape index (κ2) is 7.90. The van der Waals surface area contributed by atoms with Crippen LogP contribution in [-0.4, -0.2) is 11.7 Å². The fourth-order valence-corrected chi connectivity index (χ4v) is 2.32. The van der Waals surface area contributed by atoms with Gasteiger partial charge >= 0.3 is 0 Å². The average Bonchev–Trinajstić information content (AvgIpc) is 2.55. The molecule has 2 aromatic carbocycles. The second-order valence-electron chi connectivity index (χ2n) is 5.03. The lowest BCUT2D eigenvalue weighted by atomic mass is 10.0. The molecule has 4 heteroatoms. The van der Waals surface area contributed by atoms with Gasteiger partial charge in [-0.1, -0.05) is 47.1 Å². The maximum Gasteiger partial charge on any atom is 0.224 e. The van der Waals surface area contributed by atoms with Gasteiger partial charge in [0.1, 0.15) is 0 Å². The predicted octanol–water partition coefficient (Wildman–Crippen LogP) is 4.61. The van der Waals surface area contributed by atoms with Crippen molar-refractivity contribution in [2.75, 3.05) is 5.32 Å². The number of hydrogen-bond donors (Lipinski definition) is 1. The topological polar surface area (TPSA) is 46.2 Å². The highest BCUT2D eigenvalue weighted by atomic mass is 79.9. The van der Waals surface area contributed by atoms with E-state index < -0.39 is 0 Å². The van der Waals surface area contributed by atoms with E-state index in [4.69, 9.17) is 0 Å². The van der Waals surface area contributed by atoms with Crippen LogP contribution in [0.5, 0.6) is 0 Å². The van der Waals surface area contributed by atoms with Crippen molar-refractivity contribution in [1.29, 1.82) is 0 Å². The standard InChI is InChI=1S/C18H18BrNO2/c1-2-13-3-5-14(6-4-13)17(21)11-12-18(22)20-16-9-7-15(19)8-10-16/h3-10H,2,11-12H2,1H3,(H,20,22). The Kier molecular flexibility index (Phi) is 5.90. The number of amides is 1. The van der Waals surface area contributed by atoms with E-state index in [1.54, 1.807) is 0 Å². The molecule has 0 radical (unpaired) electrons. The summed E-state index contributed by atoms with van der Waals surface area (Å²) in [5.74, 6) is -0.158. The van der Waals surface area contributed by atoms with E-state index in [0.29, 0.717) is 5.56 Å². The summed E-state index contributed by atoms with van der Waals surface area (Å²) in [5.41, 5.74) is 2.59. The minimum absolute atomic E-state index is 0.00592. The summed E-state index contributed by atoms with van der Waals surface area (Å²) in [7, 11) is 0. The Labute approximate surface area is 138 Å². The lowest BCUT2D eigenvalue weighted by Crippen LogP contribution is -2.13. The monoisotopic (exact) mass is 359 g/mol. The van der Waals surface area contributed by atoms with Crippen molar-refractivity contribution >= 4 is 33.3 Å². The number of hydrogen-bond acceptors (Lipinski definition) is 2. The summed E-state index contributed by atoms with van der Waals surface area (Å²) in [6.45, 7) is 2.07. The van der Waals surface area contributed by atoms with Gasteiger partial charge in [0.15, 0.2) is 5.78 Å². The molecule has 1 N–H and O–H groups in total. The molecule has 0 saturated carbocycles. The number of anilines is 1. The van der Waals surface area contributed by atoms with Crippen molar-refractivity contribution in [3.63, 3.8) is 0 Å². The molecule has 0 atom stereocenters. The van der Waals surface area contributed by atoms with Crippen molar-refractivity contribution in [2.24, 2.45) is 0 Å². The molecule has 0 bridgehead atoms. The molecule has 0 spiro atoms. The molecule has 3 nitrogen and oxygen atoms in total. The van der Waals surface area contributed by atoms with E-state index in [9.17, 15) is 9.59 Å². The van der Waals surface area contributed by atoms with Crippen LogP contribution in [0.1, 0.15) is 35.7 Å². The third-order valence-electron chi connectivity index (χ3n) is 3.39. The third kappa shape index (κ3) is 4.81. The summed E-state index contributed by atoms with van der Waals surface area (Å²) in [5, 5.41) is 2.78. The van der Waals surface area contributed by atoms with Gasteiger partial charge in [-0.15, -0.1) is 0 Å². The van der Waals surface area contributed by atoms with Gasteiger partial charge in [-0.05, 0) is 36.2 Å². The van der Waals surface area contributed by atoms with E-state index in [1.807, 2.05) is 48.5 Å². The lowest BCUT2D eigenvalue weighted by Gasteiger charge is -2.05. The van der Waals surface area contributed by atoms with Gasteiger partial charge in [0.2, 0.25) is 5.91 Å². The summed E-state index contributed by atoms with van der Waals surface area (Å²) >= 11 is 3.34. The molecule has 0 saturated heterocycles. The first-order valence-electron chi connectivity index (χ1n) is 7.26. The smallest absolute Gasteiger partial charge is 0.224 e. The van der Waals surface area contributed by atoms with Gasteiger partial charge in [-0.2, -0.15) is 0 Å². The van der Waals surface area contributed by atoms with Gasteiger partial charge in [0.05, 0.1) is 0 Å². The molecule has 0 heterocycles. The minimum Gasteiger partial charge on any atom is -0.326 e. The molecule has 0 aliphatic heterocycles. The fourth-order valence-electron chi connectivity index (χ4n) is 2.05. The van der Waals surface area contributed by atoms with Gasteiger partial charge < -0.3 is 5.32 Å². The van der Waals surface area contributed by atoms with Crippen LogP contribution in [0, 0.1) is 0 Å². The van der Waals surface area contributed by atoms with E-state index >= 15 is 0 Å². The maximum absolute atomic E-state index is 12.1. The number of Topliss-reactive ketones (excluding diaryl/α,β-unsaturated/α-hetero) is 1. The van der Waals surface area contributed by atoms with Crippen LogP contribution in [0.2, 0.25) is 0 Å². The zero-order chi connectivity index (χ0) is 15.9. The van der Waals surface area contributed by atoms with Gasteiger partial charge in [-0.3, -0.25) is 9.59 Å². The number of benzene rings is 2. The molecule has 0 fully saturated rings. The number of aryl methyl sites for hydroxylation is 1. The summed E-state index contributed by atoms with van der Waals surface area (Å²) in [4.78, 5) is 23.9. The Bertz CT molecular complexity index is 648. The van der Waals surface area contributed by atoms with Crippen LogP contribution >= 0.6 is 15.9 Å². The van der Waals surface area contributed by atoms with Crippen LogP contribution in [-0.2, 0) is 11.2 Å². The van der Waals surface area contributed by atoms with Crippen molar-refractivity contribution in [3.8, 4) is 0 Å². The normalized spacial score (nSPS) is 10.3. The Hall–Kier alpha value is -1.94. The Morgan fingerprint density at radius 3 is 2.18 bits per heavy atom. The molecule has 0 aliphatic rings. The zero-order valence-corrected chi connectivity index (χ0v) is 14.0. The molecule has 0 aliphatic carbocycles. The molecule has 0 unspecified atom stereocenters. The summed E-state index contributed by atoms with van der Waals surface area (Å²) in [6, 6.07) is 14.9. The van der Waals surface area contributed by atoms with Gasteiger partial charge in [-0.25, -0.2) is 0 Å². The minimum atomic E-state index is -0.152. The number of carbonyl (C=O) groups is 2. The van der Waals surface area contributed by atoms with Crippen molar-refractivity contribution in [1.82, 2.24) is 0 Å². The molecule has 2 rings (SSSR count). The van der Waals surface area contributed by atoms with Crippen LogP contribution in [0.15, 0.2) is 53.0 Å². The van der Waals surface area contributed by atoms with Crippen molar-refractivity contribution in [2.45, 2.75) is 26.2 Å².